The van der Waals surface area contributed by atoms with Crippen molar-refractivity contribution in [1.29, 1.82) is 5.26 Å². The highest BCUT2D eigenvalue weighted by Gasteiger charge is 2.15. The summed E-state index contributed by atoms with van der Waals surface area (Å²) in [4.78, 5) is 12.7. The molecule has 0 aliphatic heterocycles. The topological polar surface area (TPSA) is 71.3 Å². The van der Waals surface area contributed by atoms with E-state index < -0.39 is 5.91 Å². The molecule has 0 fully saturated rings. The second-order valence-electron chi connectivity index (χ2n) is 7.13. The van der Waals surface area contributed by atoms with Crippen molar-refractivity contribution in [2.24, 2.45) is 0 Å². The minimum absolute atomic E-state index is 0.0565. The molecular formula is C26H22BrClN2O3. The predicted molar refractivity (Wildman–Crippen MR) is 134 cm³/mol. The molecule has 0 aliphatic carbocycles. The Hall–Kier alpha value is -3.27. The first-order valence-electron chi connectivity index (χ1n) is 10.2. The van der Waals surface area contributed by atoms with E-state index in [0.717, 1.165) is 11.1 Å². The lowest BCUT2D eigenvalue weighted by atomic mass is 10.1. The summed E-state index contributed by atoms with van der Waals surface area (Å²) in [6.45, 7) is 4.55. The van der Waals surface area contributed by atoms with Gasteiger partial charge in [0.05, 0.1) is 11.1 Å². The van der Waals surface area contributed by atoms with Gasteiger partial charge in [-0.15, -0.1) is 0 Å². The van der Waals surface area contributed by atoms with E-state index in [1.807, 2.05) is 50.2 Å². The number of ether oxygens (including phenoxy) is 2. The van der Waals surface area contributed by atoms with Crippen molar-refractivity contribution in [2.45, 2.75) is 20.5 Å². The molecule has 33 heavy (non-hydrogen) atoms. The first-order valence-corrected chi connectivity index (χ1v) is 11.4. The molecule has 0 saturated carbocycles. The van der Waals surface area contributed by atoms with Crippen molar-refractivity contribution in [3.63, 3.8) is 0 Å². The Kier molecular flexibility index (Phi) is 8.53. The lowest BCUT2D eigenvalue weighted by molar-refractivity contribution is -0.112. The van der Waals surface area contributed by atoms with E-state index in [2.05, 4.69) is 21.2 Å². The molecule has 0 atom stereocenters. The van der Waals surface area contributed by atoms with Crippen molar-refractivity contribution in [3.05, 3.63) is 92.4 Å². The van der Waals surface area contributed by atoms with E-state index in [9.17, 15) is 10.1 Å². The van der Waals surface area contributed by atoms with E-state index in [-0.39, 0.29) is 5.57 Å². The summed E-state index contributed by atoms with van der Waals surface area (Å²) in [7, 11) is 0. The monoisotopic (exact) mass is 524 g/mol. The number of carbonyl (C=O) groups excluding carboxylic acids is 1. The Balaban J connectivity index is 1.84. The number of hydrogen-bond acceptors (Lipinski definition) is 4. The van der Waals surface area contributed by atoms with Crippen LogP contribution in [0.1, 0.15) is 23.6 Å². The van der Waals surface area contributed by atoms with Gasteiger partial charge >= 0.3 is 0 Å². The van der Waals surface area contributed by atoms with Crippen LogP contribution >= 0.6 is 27.5 Å². The predicted octanol–water partition coefficient (Wildman–Crippen LogP) is 6.93. The maximum Gasteiger partial charge on any atom is 0.266 e. The van der Waals surface area contributed by atoms with E-state index in [1.165, 1.54) is 6.08 Å². The van der Waals surface area contributed by atoms with Gasteiger partial charge in [-0.25, -0.2) is 0 Å². The average Bonchev–Trinajstić information content (AvgIpc) is 2.80. The molecule has 0 unspecified atom stereocenters. The van der Waals surface area contributed by atoms with Crippen LogP contribution in [-0.4, -0.2) is 12.5 Å². The molecule has 0 spiro atoms. The zero-order valence-corrected chi connectivity index (χ0v) is 20.5. The largest absolute Gasteiger partial charge is 0.490 e. The van der Waals surface area contributed by atoms with Crippen LogP contribution in [0.3, 0.4) is 0 Å². The standard InChI is InChI=1S/C26H22BrClN2O3/c1-3-32-24-13-19(12-22(27)25(24)33-16-18-7-5-4-6-8-18)11-20(15-29)26(31)30-21-10-9-17(2)23(28)14-21/h4-14H,3,16H2,1-2H3,(H,30,31)/b20-11-. The Labute approximate surface area is 206 Å². The third-order valence-corrected chi connectivity index (χ3v) is 5.66. The van der Waals surface area contributed by atoms with E-state index in [0.29, 0.717) is 45.5 Å². The molecule has 0 aromatic heterocycles. The van der Waals surface area contributed by atoms with Crippen LogP contribution in [0.15, 0.2) is 70.7 Å². The van der Waals surface area contributed by atoms with Gasteiger partial charge in [-0.1, -0.05) is 48.0 Å². The van der Waals surface area contributed by atoms with Gasteiger partial charge in [0.2, 0.25) is 0 Å². The van der Waals surface area contributed by atoms with Crippen molar-refractivity contribution >= 4 is 45.2 Å². The molecule has 0 bridgehead atoms. The lowest BCUT2D eigenvalue weighted by Crippen LogP contribution is -2.13. The van der Waals surface area contributed by atoms with E-state index >= 15 is 0 Å². The minimum Gasteiger partial charge on any atom is -0.490 e. The maximum atomic E-state index is 12.7. The molecule has 1 amide bonds. The number of nitriles is 1. The number of rotatable bonds is 8. The molecule has 168 valence electrons. The molecule has 7 heteroatoms. The number of nitrogens with one attached hydrogen (secondary N) is 1. The third kappa shape index (κ3) is 6.61. The molecule has 3 rings (SSSR count). The van der Waals surface area contributed by atoms with Crippen molar-refractivity contribution in [2.75, 3.05) is 11.9 Å². The SMILES string of the molecule is CCOc1cc(/C=C(/C#N)C(=O)Nc2ccc(C)c(Cl)c2)cc(Br)c1OCc1ccccc1. The molecule has 0 aliphatic rings. The molecule has 0 saturated heterocycles. The molecule has 3 aromatic rings. The van der Waals surface area contributed by atoms with Crippen LogP contribution in [0.2, 0.25) is 5.02 Å². The Morgan fingerprint density at radius 1 is 1.15 bits per heavy atom. The van der Waals surface area contributed by atoms with Crippen molar-refractivity contribution in [3.8, 4) is 17.6 Å². The molecular weight excluding hydrogens is 504 g/mol. The second kappa shape index (κ2) is 11.6. The molecule has 3 aromatic carbocycles. The normalized spacial score (nSPS) is 10.9. The van der Waals surface area contributed by atoms with Crippen LogP contribution in [0.5, 0.6) is 11.5 Å². The summed E-state index contributed by atoms with van der Waals surface area (Å²) in [5, 5.41) is 12.8. The number of halogens is 2. The first kappa shape index (κ1) is 24.4. The Morgan fingerprint density at radius 2 is 1.91 bits per heavy atom. The second-order valence-corrected chi connectivity index (χ2v) is 8.39. The fourth-order valence-electron chi connectivity index (χ4n) is 2.99. The zero-order valence-electron chi connectivity index (χ0n) is 18.2. The summed E-state index contributed by atoms with van der Waals surface area (Å²) in [5.74, 6) is 0.531. The number of hydrogen-bond donors (Lipinski definition) is 1. The summed E-state index contributed by atoms with van der Waals surface area (Å²) >= 11 is 9.65. The van der Waals surface area contributed by atoms with Gasteiger partial charge in [0.15, 0.2) is 11.5 Å². The number of carbonyl (C=O) groups is 1. The number of aryl methyl sites for hydroxylation is 1. The van der Waals surface area contributed by atoms with Crippen molar-refractivity contribution in [1.82, 2.24) is 0 Å². The maximum absolute atomic E-state index is 12.7. The van der Waals surface area contributed by atoms with Crippen LogP contribution in [0, 0.1) is 18.3 Å². The van der Waals surface area contributed by atoms with Gasteiger partial charge in [-0.05, 0) is 76.8 Å². The third-order valence-electron chi connectivity index (χ3n) is 4.66. The highest BCUT2D eigenvalue weighted by atomic mass is 79.9. The van der Waals surface area contributed by atoms with E-state index in [4.69, 9.17) is 21.1 Å². The van der Waals surface area contributed by atoms with Gasteiger partial charge in [0.25, 0.3) is 5.91 Å². The van der Waals surface area contributed by atoms with Crippen LogP contribution in [-0.2, 0) is 11.4 Å². The fourth-order valence-corrected chi connectivity index (χ4v) is 3.74. The molecule has 1 N–H and O–H groups in total. The van der Waals surface area contributed by atoms with Gasteiger partial charge < -0.3 is 14.8 Å². The molecule has 0 heterocycles. The number of nitrogens with zero attached hydrogens (tertiary/aromatic N) is 1. The zero-order chi connectivity index (χ0) is 23.8. The van der Waals surface area contributed by atoms with Gasteiger partial charge in [0, 0.05) is 10.7 Å². The Morgan fingerprint density at radius 3 is 2.58 bits per heavy atom. The number of amides is 1. The molecule has 5 nitrogen and oxygen atoms in total. The highest BCUT2D eigenvalue weighted by molar-refractivity contribution is 9.10. The number of benzene rings is 3. The lowest BCUT2D eigenvalue weighted by Gasteiger charge is -2.15. The summed E-state index contributed by atoms with van der Waals surface area (Å²) in [6.07, 6.45) is 1.50. The van der Waals surface area contributed by atoms with E-state index in [1.54, 1.807) is 30.3 Å². The minimum atomic E-state index is -0.532. The number of anilines is 1. The first-order chi connectivity index (χ1) is 15.9. The smallest absolute Gasteiger partial charge is 0.266 e. The van der Waals surface area contributed by atoms with Crippen LogP contribution in [0.4, 0.5) is 5.69 Å². The fraction of sp³-hybridized carbons (Fsp3) is 0.154. The summed E-state index contributed by atoms with van der Waals surface area (Å²) in [5.41, 5.74) is 2.99. The summed E-state index contributed by atoms with van der Waals surface area (Å²) in [6, 6.07) is 20.4. The average molecular weight is 526 g/mol. The van der Waals surface area contributed by atoms with Gasteiger partial charge in [-0.2, -0.15) is 5.26 Å². The quantitative estimate of drug-likeness (QED) is 0.256. The summed E-state index contributed by atoms with van der Waals surface area (Å²) < 4.78 is 12.4. The van der Waals surface area contributed by atoms with Gasteiger partial charge in [-0.3, -0.25) is 4.79 Å². The van der Waals surface area contributed by atoms with Crippen LogP contribution < -0.4 is 14.8 Å². The van der Waals surface area contributed by atoms with Gasteiger partial charge in [0.1, 0.15) is 18.2 Å². The Bertz CT molecular complexity index is 1220. The molecule has 0 radical (unpaired) electrons. The van der Waals surface area contributed by atoms with Crippen LogP contribution in [0.25, 0.3) is 6.08 Å². The highest BCUT2D eigenvalue weighted by Crippen LogP contribution is 2.38. The van der Waals surface area contributed by atoms with Crippen molar-refractivity contribution < 1.29 is 14.3 Å².